The van der Waals surface area contributed by atoms with Gasteiger partial charge >= 0.3 is 6.36 Å². The maximum absolute atomic E-state index is 12.8. The van der Waals surface area contributed by atoms with E-state index >= 15 is 0 Å². The third kappa shape index (κ3) is 4.56. The van der Waals surface area contributed by atoms with E-state index in [-0.39, 0.29) is 11.3 Å². The van der Waals surface area contributed by atoms with E-state index in [0.717, 1.165) is 6.20 Å². The molecule has 1 amide bonds. The molecule has 0 spiro atoms. The second kappa shape index (κ2) is 7.01. The largest absolute Gasteiger partial charge is 0.573 e. The Labute approximate surface area is 149 Å². The van der Waals surface area contributed by atoms with Gasteiger partial charge in [0.15, 0.2) is 0 Å². The van der Waals surface area contributed by atoms with Crippen LogP contribution >= 0.6 is 0 Å². The summed E-state index contributed by atoms with van der Waals surface area (Å²) in [6.45, 7) is 7.55. The van der Waals surface area contributed by atoms with Gasteiger partial charge in [-0.05, 0) is 25.1 Å². The molecule has 0 aromatic carbocycles. The highest BCUT2D eigenvalue weighted by atomic mass is 19.4. The van der Waals surface area contributed by atoms with Crippen molar-refractivity contribution in [2.24, 2.45) is 0 Å². The van der Waals surface area contributed by atoms with Crippen molar-refractivity contribution in [2.75, 3.05) is 7.05 Å². The van der Waals surface area contributed by atoms with Gasteiger partial charge in [0.05, 0.1) is 29.8 Å². The lowest BCUT2D eigenvalue weighted by Crippen LogP contribution is -2.31. The molecule has 2 aromatic heterocycles. The third-order valence-electron chi connectivity index (χ3n) is 3.90. The number of aromatic nitrogens is 1. The fourth-order valence-electron chi connectivity index (χ4n) is 2.46. The molecule has 26 heavy (non-hydrogen) atoms. The number of amides is 1. The number of nitrogens with zero attached hydrogens (tertiary/aromatic N) is 2. The number of hydrogen-bond acceptors (Lipinski definition) is 4. The Morgan fingerprint density at radius 2 is 1.88 bits per heavy atom. The number of halogens is 3. The maximum Gasteiger partial charge on any atom is 0.573 e. The van der Waals surface area contributed by atoms with Gasteiger partial charge in [0.25, 0.3) is 5.91 Å². The van der Waals surface area contributed by atoms with Gasteiger partial charge in [0.2, 0.25) is 0 Å². The van der Waals surface area contributed by atoms with E-state index in [1.807, 2.05) is 20.8 Å². The van der Waals surface area contributed by atoms with Crippen molar-refractivity contribution in [1.29, 1.82) is 0 Å². The molecule has 2 aromatic rings. The molecule has 0 saturated carbocycles. The van der Waals surface area contributed by atoms with E-state index in [0.29, 0.717) is 17.0 Å². The third-order valence-corrected chi connectivity index (χ3v) is 3.90. The standard InChI is InChI=1S/C18H21F3N2O3/c1-11(14-7-6-12(10-22-14)26-18(19,20)21)23(5)16(24)13-8-9-25-15(13)17(2,3)4/h6-11H,1-5H3/t11-/m1/s1. The van der Waals surface area contributed by atoms with Crippen LogP contribution in [-0.4, -0.2) is 29.2 Å². The van der Waals surface area contributed by atoms with E-state index in [2.05, 4.69) is 9.72 Å². The van der Waals surface area contributed by atoms with E-state index in [1.54, 1.807) is 20.0 Å². The zero-order valence-electron chi connectivity index (χ0n) is 15.2. The Hall–Kier alpha value is -2.51. The smallest absolute Gasteiger partial charge is 0.468 e. The molecule has 0 saturated heterocycles. The summed E-state index contributed by atoms with van der Waals surface area (Å²) in [4.78, 5) is 18.2. The van der Waals surface area contributed by atoms with Gasteiger partial charge in [-0.3, -0.25) is 9.78 Å². The number of rotatable bonds is 4. The highest BCUT2D eigenvalue weighted by Gasteiger charge is 2.32. The van der Waals surface area contributed by atoms with Crippen LogP contribution in [0.15, 0.2) is 35.1 Å². The molecule has 142 valence electrons. The fourth-order valence-corrected chi connectivity index (χ4v) is 2.46. The van der Waals surface area contributed by atoms with Crippen LogP contribution in [0.1, 0.15) is 55.5 Å². The van der Waals surface area contributed by atoms with Crippen molar-refractivity contribution in [3.05, 3.63) is 47.7 Å². The van der Waals surface area contributed by atoms with Crippen molar-refractivity contribution >= 4 is 5.91 Å². The molecule has 0 fully saturated rings. The van der Waals surface area contributed by atoms with E-state index in [9.17, 15) is 18.0 Å². The predicted molar refractivity (Wildman–Crippen MR) is 88.8 cm³/mol. The average Bonchev–Trinajstić information content (AvgIpc) is 3.02. The van der Waals surface area contributed by atoms with Gasteiger partial charge in [-0.15, -0.1) is 13.2 Å². The summed E-state index contributed by atoms with van der Waals surface area (Å²) < 4.78 is 45.9. The molecular weight excluding hydrogens is 349 g/mol. The first-order valence-electron chi connectivity index (χ1n) is 7.97. The number of hydrogen-bond donors (Lipinski definition) is 0. The minimum Gasteiger partial charge on any atom is -0.468 e. The number of furan rings is 1. The Bertz CT molecular complexity index is 761. The quantitative estimate of drug-likeness (QED) is 0.783. The van der Waals surface area contributed by atoms with Crippen molar-refractivity contribution in [3.8, 4) is 5.75 Å². The minimum absolute atomic E-state index is 0.256. The molecule has 0 bridgehead atoms. The average molecular weight is 370 g/mol. The molecule has 0 radical (unpaired) electrons. The molecule has 2 heterocycles. The first-order chi connectivity index (χ1) is 11.9. The van der Waals surface area contributed by atoms with Gasteiger partial charge < -0.3 is 14.1 Å². The van der Waals surface area contributed by atoms with Crippen molar-refractivity contribution in [1.82, 2.24) is 9.88 Å². The lowest BCUT2D eigenvalue weighted by Gasteiger charge is -2.26. The van der Waals surface area contributed by atoms with Gasteiger partial charge in [0, 0.05) is 12.5 Å². The molecule has 2 rings (SSSR count). The van der Waals surface area contributed by atoms with Crippen molar-refractivity contribution < 1.29 is 27.1 Å². The van der Waals surface area contributed by atoms with Crippen molar-refractivity contribution in [2.45, 2.75) is 45.5 Å². The van der Waals surface area contributed by atoms with Crippen molar-refractivity contribution in [3.63, 3.8) is 0 Å². The van der Waals surface area contributed by atoms with Crippen LogP contribution in [0.3, 0.4) is 0 Å². The Morgan fingerprint density at radius 3 is 2.38 bits per heavy atom. The zero-order valence-corrected chi connectivity index (χ0v) is 15.2. The van der Waals surface area contributed by atoms with Crippen LogP contribution < -0.4 is 4.74 Å². The number of ether oxygens (including phenoxy) is 1. The predicted octanol–water partition coefficient (Wildman–Crippen LogP) is 4.70. The number of alkyl halides is 3. The summed E-state index contributed by atoms with van der Waals surface area (Å²) in [5.41, 5.74) is 0.549. The fraction of sp³-hybridized carbons (Fsp3) is 0.444. The highest BCUT2D eigenvalue weighted by molar-refractivity contribution is 5.95. The van der Waals surface area contributed by atoms with Gasteiger partial charge in [-0.25, -0.2) is 0 Å². The minimum atomic E-state index is -4.77. The first-order valence-corrected chi connectivity index (χ1v) is 7.97. The Kier molecular flexibility index (Phi) is 5.34. The van der Waals surface area contributed by atoms with Gasteiger partial charge in [-0.1, -0.05) is 20.8 Å². The van der Waals surface area contributed by atoms with Crippen LogP contribution in [0, 0.1) is 0 Å². The van der Waals surface area contributed by atoms with Crippen LogP contribution in [0.5, 0.6) is 5.75 Å². The zero-order chi connectivity index (χ0) is 19.7. The molecular formula is C18H21F3N2O3. The topological polar surface area (TPSA) is 55.6 Å². The monoisotopic (exact) mass is 370 g/mol. The van der Waals surface area contributed by atoms with Crippen LogP contribution in [0.4, 0.5) is 13.2 Å². The lowest BCUT2D eigenvalue weighted by molar-refractivity contribution is -0.274. The van der Waals surface area contributed by atoms with E-state index < -0.39 is 18.2 Å². The molecule has 0 aliphatic heterocycles. The first kappa shape index (κ1) is 19.8. The molecule has 0 N–H and O–H groups in total. The molecule has 8 heteroatoms. The number of pyridine rings is 1. The van der Waals surface area contributed by atoms with Gasteiger partial charge in [-0.2, -0.15) is 0 Å². The molecule has 0 aliphatic rings. The van der Waals surface area contributed by atoms with Crippen LogP contribution in [0.2, 0.25) is 0 Å². The van der Waals surface area contributed by atoms with Crippen LogP contribution in [-0.2, 0) is 5.41 Å². The van der Waals surface area contributed by atoms with E-state index in [1.165, 1.54) is 23.3 Å². The summed E-state index contributed by atoms with van der Waals surface area (Å²) in [5.74, 6) is -0.0932. The van der Waals surface area contributed by atoms with Crippen LogP contribution in [0.25, 0.3) is 0 Å². The summed E-state index contributed by atoms with van der Waals surface area (Å²) in [6.07, 6.45) is -2.32. The lowest BCUT2D eigenvalue weighted by atomic mass is 9.90. The van der Waals surface area contributed by atoms with Gasteiger partial charge in [0.1, 0.15) is 11.5 Å². The molecule has 5 nitrogen and oxygen atoms in total. The normalized spacial score (nSPS) is 13.4. The second-order valence-corrected chi connectivity index (χ2v) is 6.97. The van der Waals surface area contributed by atoms with E-state index in [4.69, 9.17) is 4.42 Å². The molecule has 0 unspecified atom stereocenters. The second-order valence-electron chi connectivity index (χ2n) is 6.97. The Balaban J connectivity index is 2.18. The number of carbonyl (C=O) groups is 1. The summed E-state index contributed by atoms with van der Waals surface area (Å²) >= 11 is 0. The Morgan fingerprint density at radius 1 is 1.23 bits per heavy atom. The molecule has 0 aliphatic carbocycles. The summed E-state index contributed by atoms with van der Waals surface area (Å²) in [5, 5.41) is 0. The maximum atomic E-state index is 12.8. The summed E-state index contributed by atoms with van der Waals surface area (Å²) in [7, 11) is 1.61. The molecule has 1 atom stereocenters. The highest BCUT2D eigenvalue weighted by Crippen LogP contribution is 2.30. The number of carbonyl (C=O) groups excluding carboxylic acids is 1. The summed E-state index contributed by atoms with van der Waals surface area (Å²) in [6, 6.07) is 3.73. The SMILES string of the molecule is C[C@H](c1ccc(OC(F)(F)F)cn1)N(C)C(=O)c1ccoc1C(C)(C)C.